The van der Waals surface area contributed by atoms with Crippen molar-refractivity contribution in [2.45, 2.75) is 138 Å². The second-order valence-corrected chi connectivity index (χ2v) is 10.8. The highest BCUT2D eigenvalue weighted by Crippen LogP contribution is 2.39. The van der Waals surface area contributed by atoms with Crippen molar-refractivity contribution in [3.05, 3.63) is 56.6 Å². The maximum Gasteiger partial charge on any atom is 0.0385 e. The minimum absolute atomic E-state index is 0.543. The number of benzene rings is 2. The second kappa shape index (κ2) is 14.0. The van der Waals surface area contributed by atoms with E-state index in [2.05, 4.69) is 67.5 Å². The zero-order valence-corrected chi connectivity index (χ0v) is 24.2. The molecule has 0 heterocycles. The van der Waals surface area contributed by atoms with Crippen molar-refractivity contribution in [3.8, 4) is 0 Å². The lowest BCUT2D eigenvalue weighted by molar-refractivity contribution is 0.708. The molecule has 2 atom stereocenters. The molecule has 0 spiro atoms. The summed E-state index contributed by atoms with van der Waals surface area (Å²) in [6.07, 6.45) is 11.9. The number of anilines is 2. The minimum atomic E-state index is 0.543. The van der Waals surface area contributed by atoms with Gasteiger partial charge < -0.3 is 11.5 Å². The Morgan fingerprint density at radius 2 is 0.886 bits per heavy atom. The molecule has 0 radical (unpaired) electrons. The van der Waals surface area contributed by atoms with E-state index < -0.39 is 0 Å². The third-order valence-electron chi connectivity index (χ3n) is 8.11. The van der Waals surface area contributed by atoms with E-state index in [4.69, 9.17) is 11.5 Å². The van der Waals surface area contributed by atoms with E-state index in [0.717, 1.165) is 82.0 Å². The SMILES string of the molecule is CCCc1cc(C(C)CC)c(CCC)c(Cc2c(N)c(CCC)cc(C(C)CC)c2CCC)c1N. The predicted octanol–water partition coefficient (Wildman–Crippen LogP) is 9.28. The lowest BCUT2D eigenvalue weighted by atomic mass is 9.79. The van der Waals surface area contributed by atoms with Crippen LogP contribution in [-0.2, 0) is 32.1 Å². The Kier molecular flexibility index (Phi) is 11.7. The van der Waals surface area contributed by atoms with Crippen LogP contribution in [0, 0.1) is 0 Å². The van der Waals surface area contributed by atoms with E-state index in [1.807, 2.05) is 0 Å². The van der Waals surface area contributed by atoms with Gasteiger partial charge in [-0.15, -0.1) is 0 Å². The molecule has 0 aliphatic carbocycles. The van der Waals surface area contributed by atoms with Crippen molar-refractivity contribution in [3.63, 3.8) is 0 Å². The molecule has 4 N–H and O–H groups in total. The summed E-state index contributed by atoms with van der Waals surface area (Å²) in [5.74, 6) is 1.09. The van der Waals surface area contributed by atoms with E-state index in [0.29, 0.717) is 11.8 Å². The molecule has 0 amide bonds. The molecule has 0 aliphatic heterocycles. The van der Waals surface area contributed by atoms with Gasteiger partial charge in [-0.2, -0.15) is 0 Å². The van der Waals surface area contributed by atoms with E-state index in [-0.39, 0.29) is 0 Å². The van der Waals surface area contributed by atoms with Gasteiger partial charge >= 0.3 is 0 Å². The molecule has 2 unspecified atom stereocenters. The maximum atomic E-state index is 7.01. The van der Waals surface area contributed by atoms with E-state index in [1.54, 1.807) is 0 Å². The lowest BCUT2D eigenvalue weighted by Crippen LogP contribution is -2.15. The molecule has 2 aromatic rings. The van der Waals surface area contributed by atoms with Crippen molar-refractivity contribution in [1.82, 2.24) is 0 Å². The van der Waals surface area contributed by atoms with Gasteiger partial charge in [0, 0.05) is 17.8 Å². The fourth-order valence-corrected chi connectivity index (χ4v) is 5.71. The van der Waals surface area contributed by atoms with Crippen LogP contribution in [0.15, 0.2) is 12.1 Å². The van der Waals surface area contributed by atoms with Crippen LogP contribution < -0.4 is 11.5 Å². The molecule has 2 nitrogen and oxygen atoms in total. The van der Waals surface area contributed by atoms with Crippen LogP contribution in [0.1, 0.15) is 150 Å². The van der Waals surface area contributed by atoms with Crippen molar-refractivity contribution in [2.75, 3.05) is 11.5 Å². The average molecular weight is 479 g/mol. The highest BCUT2D eigenvalue weighted by Gasteiger charge is 2.23. The Morgan fingerprint density at radius 1 is 0.543 bits per heavy atom. The van der Waals surface area contributed by atoms with Gasteiger partial charge in [-0.1, -0.05) is 93.2 Å². The van der Waals surface area contributed by atoms with Crippen molar-refractivity contribution in [2.24, 2.45) is 0 Å². The van der Waals surface area contributed by atoms with Gasteiger partial charge in [0.05, 0.1) is 0 Å². The molecule has 0 bridgehead atoms. The standard InChI is InChI=1S/C33H54N2/c1-9-15-24-19-28(22(7)13-5)26(17-11-3)30(32(24)34)21-31-27(18-12-4)29(23(8)14-6)20-25(16-10-2)33(31)35/h19-20,22-23H,9-18,21,34-35H2,1-8H3. The van der Waals surface area contributed by atoms with Gasteiger partial charge in [-0.3, -0.25) is 0 Å². The second-order valence-electron chi connectivity index (χ2n) is 10.8. The molecule has 0 saturated heterocycles. The zero-order chi connectivity index (χ0) is 26.1. The van der Waals surface area contributed by atoms with Crippen LogP contribution in [0.2, 0.25) is 0 Å². The zero-order valence-electron chi connectivity index (χ0n) is 24.2. The van der Waals surface area contributed by atoms with Crippen LogP contribution in [0.25, 0.3) is 0 Å². The molecule has 35 heavy (non-hydrogen) atoms. The van der Waals surface area contributed by atoms with Gasteiger partial charge in [0.15, 0.2) is 0 Å². The number of nitrogens with two attached hydrogens (primary N) is 2. The van der Waals surface area contributed by atoms with E-state index in [1.165, 1.54) is 44.5 Å². The molecule has 0 aromatic heterocycles. The Bertz CT molecular complexity index is 879. The highest BCUT2D eigenvalue weighted by atomic mass is 14.6. The maximum absolute atomic E-state index is 7.01. The highest BCUT2D eigenvalue weighted by molar-refractivity contribution is 5.67. The molecular formula is C33H54N2. The molecule has 196 valence electrons. The number of nitrogen functional groups attached to an aromatic ring is 2. The van der Waals surface area contributed by atoms with Crippen molar-refractivity contribution < 1.29 is 0 Å². The first-order valence-corrected chi connectivity index (χ1v) is 14.6. The molecule has 2 aromatic carbocycles. The number of hydrogen-bond donors (Lipinski definition) is 2. The molecule has 2 rings (SSSR count). The van der Waals surface area contributed by atoms with Crippen LogP contribution in [-0.4, -0.2) is 0 Å². The number of aryl methyl sites for hydroxylation is 2. The smallest absolute Gasteiger partial charge is 0.0385 e. The minimum Gasteiger partial charge on any atom is -0.398 e. The van der Waals surface area contributed by atoms with E-state index >= 15 is 0 Å². The summed E-state index contributed by atoms with van der Waals surface area (Å²) in [6.45, 7) is 18.5. The Hall–Kier alpha value is -1.96. The topological polar surface area (TPSA) is 52.0 Å². The fraction of sp³-hybridized carbons (Fsp3) is 0.636. The van der Waals surface area contributed by atoms with Crippen LogP contribution in [0.3, 0.4) is 0 Å². The van der Waals surface area contributed by atoms with Gasteiger partial charge in [-0.25, -0.2) is 0 Å². The average Bonchev–Trinajstić information content (AvgIpc) is 2.85. The quantitative estimate of drug-likeness (QED) is 0.266. The molecule has 0 saturated carbocycles. The Balaban J connectivity index is 2.90. The van der Waals surface area contributed by atoms with Crippen LogP contribution >= 0.6 is 0 Å². The van der Waals surface area contributed by atoms with E-state index in [9.17, 15) is 0 Å². The Morgan fingerprint density at radius 3 is 1.17 bits per heavy atom. The third-order valence-corrected chi connectivity index (χ3v) is 8.11. The summed E-state index contributed by atoms with van der Waals surface area (Å²) in [4.78, 5) is 0. The first-order valence-electron chi connectivity index (χ1n) is 14.6. The molecule has 0 aliphatic rings. The normalized spacial score (nSPS) is 13.3. The van der Waals surface area contributed by atoms with Gasteiger partial charge in [-0.05, 0) is 94.9 Å². The van der Waals surface area contributed by atoms with Gasteiger partial charge in [0.2, 0.25) is 0 Å². The fourth-order valence-electron chi connectivity index (χ4n) is 5.71. The third kappa shape index (κ3) is 6.63. The van der Waals surface area contributed by atoms with Gasteiger partial charge in [0.1, 0.15) is 0 Å². The summed E-state index contributed by atoms with van der Waals surface area (Å²) in [6, 6.07) is 4.88. The lowest BCUT2D eigenvalue weighted by Gasteiger charge is -2.27. The first kappa shape index (κ1) is 29.3. The largest absolute Gasteiger partial charge is 0.398 e. The monoisotopic (exact) mass is 478 g/mol. The first-order chi connectivity index (χ1) is 16.8. The summed E-state index contributed by atoms with van der Waals surface area (Å²) >= 11 is 0. The van der Waals surface area contributed by atoms with Crippen molar-refractivity contribution in [1.29, 1.82) is 0 Å². The molecular weight excluding hydrogens is 424 g/mol. The summed E-state index contributed by atoms with van der Waals surface area (Å²) in [5, 5.41) is 0. The number of hydrogen-bond acceptors (Lipinski definition) is 2. The molecule has 0 fully saturated rings. The summed E-state index contributed by atoms with van der Waals surface area (Å²) < 4.78 is 0. The Labute approximate surface area is 217 Å². The number of rotatable bonds is 14. The molecule has 2 heteroatoms. The summed E-state index contributed by atoms with van der Waals surface area (Å²) in [7, 11) is 0. The summed E-state index contributed by atoms with van der Waals surface area (Å²) in [5.41, 5.74) is 27.5. The predicted molar refractivity (Wildman–Crippen MR) is 158 cm³/mol. The van der Waals surface area contributed by atoms with Crippen LogP contribution in [0.5, 0.6) is 0 Å². The van der Waals surface area contributed by atoms with Crippen LogP contribution in [0.4, 0.5) is 11.4 Å². The van der Waals surface area contributed by atoms with Crippen molar-refractivity contribution >= 4 is 11.4 Å². The van der Waals surface area contributed by atoms with Gasteiger partial charge in [0.25, 0.3) is 0 Å².